The fourth-order valence-corrected chi connectivity index (χ4v) is 2.99. The maximum Gasteiger partial charge on any atom is 0.322 e. The van der Waals surface area contributed by atoms with Gasteiger partial charge in [-0.25, -0.2) is 0 Å². The Kier molecular flexibility index (Phi) is 8.90. The maximum atomic E-state index is 12.2. The number of carboxylic acids is 2. The summed E-state index contributed by atoms with van der Waals surface area (Å²) in [6.45, 7) is -0.605. The van der Waals surface area contributed by atoms with E-state index < -0.39 is 42.4 Å². The largest absolute Gasteiger partial charge is 0.481 e. The number of rotatable bonds is 10. The van der Waals surface area contributed by atoms with Gasteiger partial charge in [0.05, 0.1) is 6.04 Å². The van der Waals surface area contributed by atoms with E-state index in [0.717, 1.165) is 25.7 Å². The zero-order chi connectivity index (χ0) is 18.8. The summed E-state index contributed by atoms with van der Waals surface area (Å²) in [5.74, 6) is -3.22. The number of carbonyl (C=O) groups is 4. The normalized spacial score (nSPS) is 17.3. The minimum atomic E-state index is -1.23. The Morgan fingerprint density at radius 1 is 1.00 bits per heavy atom. The fourth-order valence-electron chi connectivity index (χ4n) is 2.99. The second kappa shape index (κ2) is 10.7. The Balaban J connectivity index is 2.57. The van der Waals surface area contributed by atoms with Gasteiger partial charge in [0.2, 0.25) is 11.8 Å². The Bertz CT molecular complexity index is 490. The van der Waals surface area contributed by atoms with Crippen molar-refractivity contribution >= 4 is 23.8 Å². The van der Waals surface area contributed by atoms with Gasteiger partial charge in [0.25, 0.3) is 0 Å². The van der Waals surface area contributed by atoms with E-state index in [0.29, 0.717) is 12.3 Å². The zero-order valence-electron chi connectivity index (χ0n) is 14.2. The second-order valence-corrected chi connectivity index (χ2v) is 6.45. The lowest BCUT2D eigenvalue weighted by molar-refractivity contribution is -0.140. The number of aliphatic carboxylic acids is 2. The molecule has 2 atom stereocenters. The third-order valence-corrected chi connectivity index (χ3v) is 4.34. The second-order valence-electron chi connectivity index (χ2n) is 6.45. The standard InChI is InChI=1S/C16H27N3O6/c17-11(8-10-4-2-1-3-5-10)15(24)19-12(6-7-13(20)21)16(25)18-9-14(22)23/h10-12H,1-9,17H2,(H,18,25)(H,19,24)(H,20,21)(H,22,23). The number of carbonyl (C=O) groups excluding carboxylic acids is 2. The van der Waals surface area contributed by atoms with Gasteiger partial charge in [-0.1, -0.05) is 32.1 Å². The van der Waals surface area contributed by atoms with Crippen LogP contribution >= 0.6 is 0 Å². The Morgan fingerprint density at radius 3 is 2.20 bits per heavy atom. The molecule has 0 aromatic rings. The minimum absolute atomic E-state index is 0.136. The molecule has 1 aliphatic rings. The van der Waals surface area contributed by atoms with Crippen molar-refractivity contribution in [1.82, 2.24) is 10.6 Å². The molecule has 0 bridgehead atoms. The van der Waals surface area contributed by atoms with Gasteiger partial charge in [-0.2, -0.15) is 0 Å². The highest BCUT2D eigenvalue weighted by molar-refractivity contribution is 5.91. The summed E-state index contributed by atoms with van der Waals surface area (Å²) in [4.78, 5) is 45.5. The predicted octanol–water partition coefficient (Wildman–Crippen LogP) is -0.165. The number of carboxylic acid groups (broad SMARTS) is 2. The topological polar surface area (TPSA) is 159 Å². The van der Waals surface area contributed by atoms with Gasteiger partial charge >= 0.3 is 11.9 Å². The van der Waals surface area contributed by atoms with Crippen LogP contribution in [0.5, 0.6) is 0 Å². The molecule has 0 aromatic carbocycles. The minimum Gasteiger partial charge on any atom is -0.481 e. The number of amides is 2. The number of nitrogens with two attached hydrogens (primary N) is 1. The Labute approximate surface area is 146 Å². The van der Waals surface area contributed by atoms with E-state index in [4.69, 9.17) is 15.9 Å². The van der Waals surface area contributed by atoms with Gasteiger partial charge in [0.15, 0.2) is 0 Å². The molecule has 1 saturated carbocycles. The van der Waals surface area contributed by atoms with Crippen LogP contribution in [0.3, 0.4) is 0 Å². The third-order valence-electron chi connectivity index (χ3n) is 4.34. The molecular formula is C16H27N3O6. The van der Waals surface area contributed by atoms with Gasteiger partial charge in [0, 0.05) is 6.42 Å². The maximum absolute atomic E-state index is 12.2. The van der Waals surface area contributed by atoms with Gasteiger partial charge in [-0.3, -0.25) is 19.2 Å². The van der Waals surface area contributed by atoms with Crippen LogP contribution in [-0.4, -0.2) is 52.6 Å². The van der Waals surface area contributed by atoms with Crippen LogP contribution in [0.1, 0.15) is 51.4 Å². The first-order chi connectivity index (χ1) is 11.8. The first-order valence-corrected chi connectivity index (χ1v) is 8.56. The molecule has 142 valence electrons. The van der Waals surface area contributed by atoms with Crippen LogP contribution < -0.4 is 16.4 Å². The molecule has 1 aliphatic carbocycles. The molecule has 2 amide bonds. The molecule has 25 heavy (non-hydrogen) atoms. The quantitative estimate of drug-likeness (QED) is 0.363. The first kappa shape index (κ1) is 20.9. The molecule has 0 radical (unpaired) electrons. The summed E-state index contributed by atoms with van der Waals surface area (Å²) < 4.78 is 0. The summed E-state index contributed by atoms with van der Waals surface area (Å²) in [6.07, 6.45) is 5.56. The summed E-state index contributed by atoms with van der Waals surface area (Å²) in [5, 5.41) is 22.0. The summed E-state index contributed by atoms with van der Waals surface area (Å²) >= 11 is 0. The lowest BCUT2D eigenvalue weighted by Gasteiger charge is -2.25. The van der Waals surface area contributed by atoms with Crippen molar-refractivity contribution in [2.45, 2.75) is 63.5 Å². The molecular weight excluding hydrogens is 330 g/mol. The van der Waals surface area contributed by atoms with E-state index in [9.17, 15) is 19.2 Å². The summed E-state index contributed by atoms with van der Waals surface area (Å²) in [6, 6.07) is -1.90. The van der Waals surface area contributed by atoms with E-state index in [1.807, 2.05) is 0 Å². The van der Waals surface area contributed by atoms with E-state index >= 15 is 0 Å². The fraction of sp³-hybridized carbons (Fsp3) is 0.750. The number of nitrogens with one attached hydrogen (secondary N) is 2. The van der Waals surface area contributed by atoms with E-state index in [-0.39, 0.29) is 12.8 Å². The van der Waals surface area contributed by atoms with Crippen molar-refractivity contribution < 1.29 is 29.4 Å². The summed E-state index contributed by atoms with van der Waals surface area (Å²) in [5.41, 5.74) is 5.92. The molecule has 0 spiro atoms. The van der Waals surface area contributed by atoms with Gasteiger partial charge in [0.1, 0.15) is 12.6 Å². The van der Waals surface area contributed by atoms with E-state index in [1.54, 1.807) is 0 Å². The van der Waals surface area contributed by atoms with E-state index in [2.05, 4.69) is 10.6 Å². The Hall–Kier alpha value is -2.16. The van der Waals surface area contributed by atoms with Gasteiger partial charge in [-0.05, 0) is 18.8 Å². The third kappa shape index (κ3) is 8.48. The highest BCUT2D eigenvalue weighted by Gasteiger charge is 2.26. The predicted molar refractivity (Wildman–Crippen MR) is 88.6 cm³/mol. The van der Waals surface area contributed by atoms with Crippen molar-refractivity contribution in [1.29, 1.82) is 0 Å². The van der Waals surface area contributed by atoms with Crippen molar-refractivity contribution in [2.24, 2.45) is 11.7 Å². The molecule has 0 heterocycles. The van der Waals surface area contributed by atoms with Crippen LogP contribution in [0.25, 0.3) is 0 Å². The molecule has 0 aliphatic heterocycles. The average molecular weight is 357 g/mol. The molecule has 0 saturated heterocycles. The van der Waals surface area contributed by atoms with Gasteiger partial charge < -0.3 is 26.6 Å². The molecule has 2 unspecified atom stereocenters. The highest BCUT2D eigenvalue weighted by Crippen LogP contribution is 2.26. The van der Waals surface area contributed by atoms with Gasteiger partial charge in [-0.15, -0.1) is 0 Å². The van der Waals surface area contributed by atoms with Crippen molar-refractivity contribution in [3.05, 3.63) is 0 Å². The van der Waals surface area contributed by atoms with Crippen LogP contribution in [0, 0.1) is 5.92 Å². The number of hydrogen-bond acceptors (Lipinski definition) is 5. The SMILES string of the molecule is NC(CC1CCCCC1)C(=O)NC(CCC(=O)O)C(=O)NCC(=O)O. The smallest absolute Gasteiger partial charge is 0.322 e. The van der Waals surface area contributed by atoms with E-state index in [1.165, 1.54) is 6.42 Å². The Morgan fingerprint density at radius 2 is 1.64 bits per heavy atom. The van der Waals surface area contributed by atoms with Crippen LogP contribution in [-0.2, 0) is 19.2 Å². The van der Waals surface area contributed by atoms with Crippen molar-refractivity contribution in [2.75, 3.05) is 6.54 Å². The van der Waals surface area contributed by atoms with Crippen LogP contribution in [0.2, 0.25) is 0 Å². The monoisotopic (exact) mass is 357 g/mol. The summed E-state index contributed by atoms with van der Waals surface area (Å²) in [7, 11) is 0. The van der Waals surface area contributed by atoms with Crippen molar-refractivity contribution in [3.63, 3.8) is 0 Å². The molecule has 0 aromatic heterocycles. The molecule has 9 heteroatoms. The van der Waals surface area contributed by atoms with Crippen molar-refractivity contribution in [3.8, 4) is 0 Å². The molecule has 9 nitrogen and oxygen atoms in total. The first-order valence-electron chi connectivity index (χ1n) is 8.56. The lowest BCUT2D eigenvalue weighted by atomic mass is 9.85. The van der Waals surface area contributed by atoms with Crippen LogP contribution in [0.4, 0.5) is 0 Å². The number of hydrogen-bond donors (Lipinski definition) is 5. The molecule has 1 fully saturated rings. The molecule has 1 rings (SSSR count). The average Bonchev–Trinajstić information content (AvgIpc) is 2.56. The molecule has 6 N–H and O–H groups in total. The lowest BCUT2D eigenvalue weighted by Crippen LogP contribution is -2.52. The zero-order valence-corrected chi connectivity index (χ0v) is 14.2. The highest BCUT2D eigenvalue weighted by atomic mass is 16.4. The van der Waals surface area contributed by atoms with Crippen LogP contribution in [0.15, 0.2) is 0 Å².